The molecule has 0 radical (unpaired) electrons. The maximum atomic E-state index is 12.0. The van der Waals surface area contributed by atoms with Crippen LogP contribution in [0.15, 0.2) is 24.3 Å². The van der Waals surface area contributed by atoms with Crippen LogP contribution in [0, 0.1) is 5.92 Å². The first-order valence-corrected chi connectivity index (χ1v) is 8.95. The van der Waals surface area contributed by atoms with E-state index in [2.05, 4.69) is 5.32 Å². The molecule has 0 unspecified atom stereocenters. The molecule has 26 heavy (non-hydrogen) atoms. The average molecular weight is 363 g/mol. The summed E-state index contributed by atoms with van der Waals surface area (Å²) in [5.74, 6) is -0.472. The fourth-order valence-corrected chi connectivity index (χ4v) is 2.49. The van der Waals surface area contributed by atoms with E-state index in [9.17, 15) is 14.4 Å². The Hall–Kier alpha value is -2.41. The monoisotopic (exact) mass is 363 g/mol. The summed E-state index contributed by atoms with van der Waals surface area (Å²) in [5, 5.41) is 11.2. The van der Waals surface area contributed by atoms with Gasteiger partial charge in [0.2, 0.25) is 17.7 Å². The van der Waals surface area contributed by atoms with E-state index in [0.717, 1.165) is 24.9 Å². The number of nitrogens with zero attached hydrogens (tertiary/aromatic N) is 1. The van der Waals surface area contributed by atoms with Crippen LogP contribution in [0.25, 0.3) is 0 Å². The summed E-state index contributed by atoms with van der Waals surface area (Å²) < 4.78 is 0. The highest BCUT2D eigenvalue weighted by atomic mass is 16.5. The molecule has 0 spiro atoms. The Morgan fingerprint density at radius 1 is 0.962 bits per heavy atom. The van der Waals surface area contributed by atoms with Gasteiger partial charge < -0.3 is 10.2 Å². The minimum atomic E-state index is -0.382. The van der Waals surface area contributed by atoms with Crippen molar-refractivity contribution in [2.45, 2.75) is 52.4 Å². The SMILES string of the molecule is CC(C)C(=O)N(C)c1ccc(NC(=O)CCCCCCC(=O)NO)cc1. The van der Waals surface area contributed by atoms with Gasteiger partial charge in [-0.15, -0.1) is 0 Å². The van der Waals surface area contributed by atoms with E-state index in [1.807, 2.05) is 26.0 Å². The van der Waals surface area contributed by atoms with Crippen molar-refractivity contribution in [1.29, 1.82) is 0 Å². The van der Waals surface area contributed by atoms with Crippen LogP contribution in [-0.4, -0.2) is 30.0 Å². The summed E-state index contributed by atoms with van der Waals surface area (Å²) in [5.41, 5.74) is 3.08. The third-order valence-corrected chi connectivity index (χ3v) is 4.05. The third-order valence-electron chi connectivity index (χ3n) is 4.05. The molecule has 0 aromatic heterocycles. The molecule has 7 heteroatoms. The Morgan fingerprint density at radius 2 is 1.50 bits per heavy atom. The number of hydrogen-bond donors (Lipinski definition) is 3. The van der Waals surface area contributed by atoms with Gasteiger partial charge in [-0.25, -0.2) is 5.48 Å². The molecule has 0 saturated heterocycles. The van der Waals surface area contributed by atoms with Crippen molar-refractivity contribution in [3.63, 3.8) is 0 Å². The van der Waals surface area contributed by atoms with E-state index in [4.69, 9.17) is 5.21 Å². The minimum absolute atomic E-state index is 0.0401. The quantitative estimate of drug-likeness (QED) is 0.338. The zero-order valence-corrected chi connectivity index (χ0v) is 15.7. The molecule has 0 saturated carbocycles. The maximum Gasteiger partial charge on any atom is 0.243 e. The Morgan fingerprint density at radius 3 is 2.00 bits per heavy atom. The first-order chi connectivity index (χ1) is 12.3. The van der Waals surface area contributed by atoms with E-state index < -0.39 is 0 Å². The molecule has 1 aromatic carbocycles. The minimum Gasteiger partial charge on any atom is -0.326 e. The summed E-state index contributed by atoms with van der Waals surface area (Å²) in [6.07, 6.45) is 3.84. The smallest absolute Gasteiger partial charge is 0.243 e. The summed E-state index contributed by atoms with van der Waals surface area (Å²) in [6, 6.07) is 7.18. The number of rotatable bonds is 10. The summed E-state index contributed by atoms with van der Waals surface area (Å²) in [4.78, 5) is 36.4. The fourth-order valence-electron chi connectivity index (χ4n) is 2.49. The zero-order valence-electron chi connectivity index (χ0n) is 15.7. The van der Waals surface area contributed by atoms with Crippen LogP contribution < -0.4 is 15.7 Å². The number of benzene rings is 1. The highest BCUT2D eigenvalue weighted by Crippen LogP contribution is 2.19. The van der Waals surface area contributed by atoms with Gasteiger partial charge in [0, 0.05) is 37.2 Å². The molecular weight excluding hydrogens is 334 g/mol. The molecule has 1 rings (SSSR count). The van der Waals surface area contributed by atoms with E-state index in [0.29, 0.717) is 24.9 Å². The Kier molecular flexibility index (Phi) is 9.36. The lowest BCUT2D eigenvalue weighted by Gasteiger charge is -2.19. The molecule has 0 aliphatic carbocycles. The molecule has 3 amide bonds. The van der Waals surface area contributed by atoms with Gasteiger partial charge >= 0.3 is 0 Å². The van der Waals surface area contributed by atoms with Crippen LogP contribution in [0.4, 0.5) is 11.4 Å². The predicted molar refractivity (Wildman–Crippen MR) is 101 cm³/mol. The summed E-state index contributed by atoms with van der Waals surface area (Å²) in [6.45, 7) is 3.71. The highest BCUT2D eigenvalue weighted by Gasteiger charge is 2.14. The number of anilines is 2. The van der Waals surface area contributed by atoms with Crippen LogP contribution in [-0.2, 0) is 14.4 Å². The molecule has 144 valence electrons. The number of hydroxylamine groups is 1. The normalized spacial score (nSPS) is 10.5. The Balaban J connectivity index is 2.32. The van der Waals surface area contributed by atoms with Crippen molar-refractivity contribution >= 4 is 29.1 Å². The van der Waals surface area contributed by atoms with Gasteiger partial charge in [0.15, 0.2) is 0 Å². The van der Waals surface area contributed by atoms with Crippen molar-refractivity contribution in [2.24, 2.45) is 5.92 Å². The molecule has 7 nitrogen and oxygen atoms in total. The first-order valence-electron chi connectivity index (χ1n) is 8.95. The third kappa shape index (κ3) is 7.65. The van der Waals surface area contributed by atoms with Crippen LogP contribution >= 0.6 is 0 Å². The van der Waals surface area contributed by atoms with Crippen LogP contribution in [0.5, 0.6) is 0 Å². The molecule has 1 aromatic rings. The lowest BCUT2D eigenvalue weighted by atomic mass is 10.1. The Labute approximate surface area is 154 Å². The van der Waals surface area contributed by atoms with Gasteiger partial charge in [0.05, 0.1) is 0 Å². The molecule has 0 aliphatic rings. The van der Waals surface area contributed by atoms with Crippen molar-refractivity contribution < 1.29 is 19.6 Å². The van der Waals surface area contributed by atoms with Gasteiger partial charge in [-0.3, -0.25) is 19.6 Å². The fraction of sp³-hybridized carbons (Fsp3) is 0.526. The topological polar surface area (TPSA) is 98.7 Å². The number of amides is 3. The number of hydrogen-bond acceptors (Lipinski definition) is 4. The largest absolute Gasteiger partial charge is 0.326 e. The maximum absolute atomic E-state index is 12.0. The van der Waals surface area contributed by atoms with Crippen LogP contribution in [0.2, 0.25) is 0 Å². The van der Waals surface area contributed by atoms with Crippen LogP contribution in [0.1, 0.15) is 52.4 Å². The van der Waals surface area contributed by atoms with Gasteiger partial charge in [0.25, 0.3) is 0 Å². The Bertz CT molecular complexity index is 599. The standard InChI is InChI=1S/C19H29N3O4/c1-14(2)19(25)22(3)16-12-10-15(11-13-16)20-17(23)8-6-4-5-7-9-18(24)21-26/h10-14,26H,4-9H2,1-3H3,(H,20,23)(H,21,24). The van der Waals surface area contributed by atoms with E-state index in [1.54, 1.807) is 29.6 Å². The van der Waals surface area contributed by atoms with E-state index >= 15 is 0 Å². The molecule has 0 heterocycles. The van der Waals surface area contributed by atoms with Crippen LogP contribution in [0.3, 0.4) is 0 Å². The zero-order chi connectivity index (χ0) is 19.5. The highest BCUT2D eigenvalue weighted by molar-refractivity contribution is 5.95. The second-order valence-corrected chi connectivity index (χ2v) is 6.60. The molecule has 0 aliphatic heterocycles. The van der Waals surface area contributed by atoms with E-state index in [-0.39, 0.29) is 23.6 Å². The number of carbonyl (C=O) groups is 3. The second kappa shape index (κ2) is 11.3. The molecule has 0 fully saturated rings. The first kappa shape index (κ1) is 21.6. The second-order valence-electron chi connectivity index (χ2n) is 6.60. The predicted octanol–water partition coefficient (Wildman–Crippen LogP) is 3.09. The molecule has 0 bridgehead atoms. The van der Waals surface area contributed by atoms with Gasteiger partial charge in [-0.2, -0.15) is 0 Å². The molecular formula is C19H29N3O4. The van der Waals surface area contributed by atoms with Crippen molar-refractivity contribution in [3.8, 4) is 0 Å². The molecule has 0 atom stereocenters. The van der Waals surface area contributed by atoms with Crippen molar-refractivity contribution in [2.75, 3.05) is 17.3 Å². The number of carbonyl (C=O) groups excluding carboxylic acids is 3. The van der Waals surface area contributed by atoms with Crippen molar-refractivity contribution in [1.82, 2.24) is 5.48 Å². The average Bonchev–Trinajstić information content (AvgIpc) is 2.63. The lowest BCUT2D eigenvalue weighted by molar-refractivity contribution is -0.129. The van der Waals surface area contributed by atoms with Gasteiger partial charge in [-0.05, 0) is 37.1 Å². The summed E-state index contributed by atoms with van der Waals surface area (Å²) >= 11 is 0. The summed E-state index contributed by atoms with van der Waals surface area (Å²) in [7, 11) is 1.74. The van der Waals surface area contributed by atoms with Gasteiger partial charge in [-0.1, -0.05) is 26.7 Å². The lowest BCUT2D eigenvalue weighted by Crippen LogP contribution is -2.30. The number of nitrogens with one attached hydrogen (secondary N) is 2. The number of unbranched alkanes of at least 4 members (excludes halogenated alkanes) is 3. The van der Waals surface area contributed by atoms with E-state index in [1.165, 1.54) is 0 Å². The van der Waals surface area contributed by atoms with Gasteiger partial charge in [0.1, 0.15) is 0 Å². The molecule has 3 N–H and O–H groups in total. The van der Waals surface area contributed by atoms with Crippen molar-refractivity contribution in [3.05, 3.63) is 24.3 Å².